The maximum atomic E-state index is 5.92. The third kappa shape index (κ3) is 2.49. The largest absolute Gasteiger partial charge is 0.322 e. The molecule has 0 saturated heterocycles. The molecule has 0 amide bonds. The van der Waals surface area contributed by atoms with Gasteiger partial charge in [0.05, 0.1) is 11.1 Å². The summed E-state index contributed by atoms with van der Waals surface area (Å²) in [5.74, 6) is 0.777. The summed E-state index contributed by atoms with van der Waals surface area (Å²) in [4.78, 5) is 5.84. The molecular formula is C16H20N2S. The summed E-state index contributed by atoms with van der Waals surface area (Å²) in [6.45, 7) is 8.33. The van der Waals surface area contributed by atoms with E-state index in [4.69, 9.17) is 10.7 Å². The topological polar surface area (TPSA) is 38.4 Å². The molecule has 0 aromatic heterocycles. The summed E-state index contributed by atoms with van der Waals surface area (Å²) >= 11 is 1.64. The maximum absolute atomic E-state index is 5.92. The van der Waals surface area contributed by atoms with Crippen molar-refractivity contribution in [2.75, 3.05) is 0 Å². The van der Waals surface area contributed by atoms with Gasteiger partial charge in [-0.05, 0) is 49.3 Å². The van der Waals surface area contributed by atoms with Gasteiger partial charge in [0.2, 0.25) is 0 Å². The first-order valence-corrected chi connectivity index (χ1v) is 7.68. The van der Waals surface area contributed by atoms with E-state index < -0.39 is 0 Å². The number of aliphatic imine (C=N–C) groups is 1. The first-order chi connectivity index (χ1) is 9.06. The molecule has 2 atom stereocenters. The highest BCUT2D eigenvalue weighted by atomic mass is 32.2. The lowest BCUT2D eigenvalue weighted by Gasteiger charge is -2.12. The highest BCUT2D eigenvalue weighted by Crippen LogP contribution is 2.45. The normalized spacial score (nSPS) is 24.5. The molecular weight excluding hydrogens is 252 g/mol. The van der Waals surface area contributed by atoms with Crippen LogP contribution in [0.5, 0.6) is 0 Å². The summed E-state index contributed by atoms with van der Waals surface area (Å²) in [6.07, 6.45) is 2.66. The van der Waals surface area contributed by atoms with E-state index in [0.29, 0.717) is 0 Å². The van der Waals surface area contributed by atoms with E-state index in [1.807, 2.05) is 6.92 Å². The number of hydrogen-bond acceptors (Lipinski definition) is 3. The lowest BCUT2D eigenvalue weighted by atomic mass is 9.97. The quantitative estimate of drug-likeness (QED) is 0.905. The van der Waals surface area contributed by atoms with Crippen molar-refractivity contribution >= 4 is 16.8 Å². The number of nitrogens with two attached hydrogens (primary N) is 1. The van der Waals surface area contributed by atoms with Crippen LogP contribution in [0.3, 0.4) is 0 Å². The van der Waals surface area contributed by atoms with Gasteiger partial charge in [-0.2, -0.15) is 0 Å². The first kappa shape index (κ1) is 12.9. The molecule has 1 aliphatic carbocycles. The summed E-state index contributed by atoms with van der Waals surface area (Å²) in [5, 5.41) is 1.00. The molecule has 1 saturated carbocycles. The third-order valence-corrected chi connectivity index (χ3v) is 4.99. The van der Waals surface area contributed by atoms with E-state index in [1.165, 1.54) is 29.5 Å². The van der Waals surface area contributed by atoms with Crippen LogP contribution in [0.2, 0.25) is 0 Å². The van der Waals surface area contributed by atoms with Crippen LogP contribution in [0.25, 0.3) is 0 Å². The molecule has 1 heterocycles. The van der Waals surface area contributed by atoms with Crippen LogP contribution in [-0.4, -0.2) is 11.1 Å². The number of rotatable bonds is 3. The molecule has 2 aliphatic rings. The SMILES string of the molecule is C=C1SC([C@@H](C)N)=NC1c1ccc(C)c(C2CC2)c1. The van der Waals surface area contributed by atoms with Gasteiger partial charge in [-0.25, -0.2) is 0 Å². The van der Waals surface area contributed by atoms with Crippen molar-refractivity contribution in [3.63, 3.8) is 0 Å². The number of benzene rings is 1. The van der Waals surface area contributed by atoms with Crippen LogP contribution < -0.4 is 5.73 Å². The molecule has 0 spiro atoms. The predicted octanol–water partition coefficient (Wildman–Crippen LogP) is 3.92. The van der Waals surface area contributed by atoms with E-state index in [2.05, 4.69) is 31.7 Å². The van der Waals surface area contributed by atoms with Crippen LogP contribution in [0.15, 0.2) is 34.7 Å². The van der Waals surface area contributed by atoms with Gasteiger partial charge in [-0.1, -0.05) is 36.5 Å². The second-order valence-corrected chi connectivity index (χ2v) is 6.76. The predicted molar refractivity (Wildman–Crippen MR) is 83.7 cm³/mol. The van der Waals surface area contributed by atoms with Crippen molar-refractivity contribution in [3.05, 3.63) is 46.4 Å². The minimum Gasteiger partial charge on any atom is -0.322 e. The minimum absolute atomic E-state index is 0.0000934. The summed E-state index contributed by atoms with van der Waals surface area (Å²) in [7, 11) is 0. The van der Waals surface area contributed by atoms with Crippen LogP contribution in [0.1, 0.15) is 48.4 Å². The smallest absolute Gasteiger partial charge is 0.107 e. The first-order valence-electron chi connectivity index (χ1n) is 6.86. The van der Waals surface area contributed by atoms with Crippen molar-refractivity contribution in [1.29, 1.82) is 0 Å². The summed E-state index contributed by atoms with van der Waals surface area (Å²) < 4.78 is 0. The van der Waals surface area contributed by atoms with Crippen LogP contribution in [0.4, 0.5) is 0 Å². The molecule has 1 aromatic rings. The fourth-order valence-electron chi connectivity index (χ4n) is 2.55. The van der Waals surface area contributed by atoms with Gasteiger partial charge in [-0.15, -0.1) is 0 Å². The van der Waals surface area contributed by atoms with Crippen LogP contribution in [-0.2, 0) is 0 Å². The van der Waals surface area contributed by atoms with Gasteiger partial charge in [0, 0.05) is 4.91 Å². The van der Waals surface area contributed by atoms with Crippen LogP contribution >= 0.6 is 11.8 Å². The Morgan fingerprint density at radius 1 is 1.42 bits per heavy atom. The summed E-state index contributed by atoms with van der Waals surface area (Å²) in [5.41, 5.74) is 10.1. The zero-order valence-corrected chi connectivity index (χ0v) is 12.3. The third-order valence-electron chi connectivity index (χ3n) is 3.82. The second kappa shape index (κ2) is 4.80. The number of nitrogens with zero attached hydrogens (tertiary/aromatic N) is 1. The lowest BCUT2D eigenvalue weighted by molar-refractivity contribution is 0.886. The Kier molecular flexibility index (Phi) is 3.27. The molecule has 3 rings (SSSR count). The molecule has 100 valence electrons. The number of hydrogen-bond donors (Lipinski definition) is 1. The zero-order valence-electron chi connectivity index (χ0n) is 11.5. The Labute approximate surface area is 119 Å². The van der Waals surface area contributed by atoms with E-state index in [1.54, 1.807) is 11.8 Å². The highest BCUT2D eigenvalue weighted by molar-refractivity contribution is 8.17. The minimum atomic E-state index is 0.0000934. The zero-order chi connectivity index (χ0) is 13.6. The maximum Gasteiger partial charge on any atom is 0.107 e. The number of aryl methyl sites for hydroxylation is 1. The van der Waals surface area contributed by atoms with Gasteiger partial charge < -0.3 is 5.73 Å². The Balaban J connectivity index is 1.94. The highest BCUT2D eigenvalue weighted by Gasteiger charge is 2.29. The molecule has 0 bridgehead atoms. The van der Waals surface area contributed by atoms with E-state index in [-0.39, 0.29) is 12.1 Å². The summed E-state index contributed by atoms with van der Waals surface area (Å²) in [6, 6.07) is 6.83. The van der Waals surface area contributed by atoms with Crippen molar-refractivity contribution in [1.82, 2.24) is 0 Å². The fraction of sp³-hybridized carbons (Fsp3) is 0.438. The van der Waals surface area contributed by atoms with Gasteiger partial charge >= 0.3 is 0 Å². The average Bonchev–Trinajstić information content (AvgIpc) is 3.13. The van der Waals surface area contributed by atoms with E-state index >= 15 is 0 Å². The molecule has 19 heavy (non-hydrogen) atoms. The van der Waals surface area contributed by atoms with Gasteiger partial charge in [-0.3, -0.25) is 4.99 Å². The molecule has 1 aromatic carbocycles. The van der Waals surface area contributed by atoms with Gasteiger partial charge in [0.25, 0.3) is 0 Å². The standard InChI is InChI=1S/C16H20N2S/c1-9-4-5-13(8-14(9)12-6-7-12)15-11(3)19-16(18-15)10(2)17/h4-5,8,10,12,15H,3,6-7,17H2,1-2H3/t10-,15?/m1/s1. The van der Waals surface area contributed by atoms with Crippen molar-refractivity contribution in [2.45, 2.75) is 44.7 Å². The van der Waals surface area contributed by atoms with Gasteiger partial charge in [0.1, 0.15) is 6.04 Å². The molecule has 1 fully saturated rings. The molecule has 1 aliphatic heterocycles. The van der Waals surface area contributed by atoms with Crippen molar-refractivity contribution in [2.24, 2.45) is 10.7 Å². The fourth-order valence-corrected chi connectivity index (χ4v) is 3.46. The Bertz CT molecular complexity index is 556. The van der Waals surface area contributed by atoms with Crippen molar-refractivity contribution < 1.29 is 0 Å². The van der Waals surface area contributed by atoms with Crippen LogP contribution in [0, 0.1) is 6.92 Å². The molecule has 2 nitrogen and oxygen atoms in total. The lowest BCUT2D eigenvalue weighted by Crippen LogP contribution is -2.22. The Morgan fingerprint density at radius 3 is 2.74 bits per heavy atom. The Morgan fingerprint density at radius 2 is 2.16 bits per heavy atom. The van der Waals surface area contributed by atoms with E-state index in [9.17, 15) is 0 Å². The van der Waals surface area contributed by atoms with E-state index in [0.717, 1.165) is 15.9 Å². The van der Waals surface area contributed by atoms with Crippen molar-refractivity contribution in [3.8, 4) is 0 Å². The molecule has 2 N–H and O–H groups in total. The molecule has 3 heteroatoms. The number of thioether (sulfide) groups is 1. The molecule has 0 radical (unpaired) electrons. The second-order valence-electron chi connectivity index (χ2n) is 5.62. The molecule has 1 unspecified atom stereocenters. The van der Waals surface area contributed by atoms with Gasteiger partial charge in [0.15, 0.2) is 0 Å². The average molecular weight is 272 g/mol. The Hall–Kier alpha value is -1.06. The monoisotopic (exact) mass is 272 g/mol.